The van der Waals surface area contributed by atoms with E-state index in [9.17, 15) is 18.0 Å². The number of carbonyl (C=O) groups is 2. The van der Waals surface area contributed by atoms with Gasteiger partial charge in [-0.2, -0.15) is 0 Å². The molecular weight excluding hydrogens is 390 g/mol. The second-order valence-corrected chi connectivity index (χ2v) is 9.73. The zero-order valence-electron chi connectivity index (χ0n) is 15.5. The molecule has 0 bridgehead atoms. The Bertz CT molecular complexity index is 844. The van der Waals surface area contributed by atoms with Crippen molar-refractivity contribution in [3.8, 4) is 0 Å². The molecule has 0 atom stereocenters. The van der Waals surface area contributed by atoms with Crippen molar-refractivity contribution in [2.24, 2.45) is 5.92 Å². The van der Waals surface area contributed by atoms with Crippen molar-refractivity contribution >= 4 is 33.4 Å². The van der Waals surface area contributed by atoms with Crippen LogP contribution >= 0.6 is 11.6 Å². The van der Waals surface area contributed by atoms with Crippen molar-refractivity contribution in [2.75, 3.05) is 40.3 Å². The molecule has 1 aliphatic heterocycles. The molecule has 1 saturated heterocycles. The second kappa shape index (κ2) is 7.77. The molecule has 1 heterocycles. The largest absolute Gasteiger partial charge is 0.339 e. The summed E-state index contributed by atoms with van der Waals surface area (Å²) in [5, 5.41) is 0.214. The minimum absolute atomic E-state index is 0.0269. The van der Waals surface area contributed by atoms with Crippen molar-refractivity contribution in [3.63, 3.8) is 0 Å². The van der Waals surface area contributed by atoms with E-state index in [0.29, 0.717) is 26.2 Å². The minimum atomic E-state index is -3.66. The normalized spacial score (nSPS) is 18.5. The Hall–Kier alpha value is -1.64. The summed E-state index contributed by atoms with van der Waals surface area (Å²) in [5.74, 6) is 0.0200. The summed E-state index contributed by atoms with van der Waals surface area (Å²) in [6, 6.07) is 4.15. The van der Waals surface area contributed by atoms with Gasteiger partial charge in [0.1, 0.15) is 0 Å². The molecule has 2 amide bonds. The van der Waals surface area contributed by atoms with E-state index in [0.717, 1.165) is 23.6 Å². The number of hydrogen-bond donors (Lipinski definition) is 0. The summed E-state index contributed by atoms with van der Waals surface area (Å²) < 4.78 is 25.7. The van der Waals surface area contributed by atoms with Crippen molar-refractivity contribution in [1.29, 1.82) is 0 Å². The topological polar surface area (TPSA) is 78.0 Å². The molecule has 0 N–H and O–H groups in total. The summed E-state index contributed by atoms with van der Waals surface area (Å²) in [6.07, 6.45) is 3.03. The highest BCUT2D eigenvalue weighted by Crippen LogP contribution is 2.29. The van der Waals surface area contributed by atoms with Crippen LogP contribution in [-0.2, 0) is 14.8 Å². The molecule has 1 aliphatic carbocycles. The zero-order valence-corrected chi connectivity index (χ0v) is 17.1. The maximum Gasteiger partial charge on any atom is 0.255 e. The van der Waals surface area contributed by atoms with Crippen LogP contribution in [0.4, 0.5) is 0 Å². The third-order valence-corrected chi connectivity index (χ3v) is 7.42. The number of amides is 2. The van der Waals surface area contributed by atoms with Gasteiger partial charge < -0.3 is 9.80 Å². The quantitative estimate of drug-likeness (QED) is 0.752. The van der Waals surface area contributed by atoms with Gasteiger partial charge in [0.15, 0.2) is 0 Å². The number of rotatable bonds is 4. The van der Waals surface area contributed by atoms with Crippen molar-refractivity contribution in [3.05, 3.63) is 28.8 Å². The fourth-order valence-corrected chi connectivity index (χ4v) is 4.38. The first-order chi connectivity index (χ1) is 12.7. The molecule has 0 radical (unpaired) electrons. The van der Waals surface area contributed by atoms with E-state index in [1.165, 1.54) is 32.3 Å². The van der Waals surface area contributed by atoms with Crippen molar-refractivity contribution in [1.82, 2.24) is 14.1 Å². The predicted molar refractivity (Wildman–Crippen MR) is 102 cm³/mol. The standard InChI is InChI=1S/C18H24ClN3O4S/c1-20(2)27(25,26)14-6-7-16(19)15(12-14)18(24)22-10-8-21(9-11-22)17(23)13-4-3-5-13/h6-7,12-13H,3-5,8-11H2,1-2H3. The van der Waals surface area contributed by atoms with E-state index >= 15 is 0 Å². The third kappa shape index (κ3) is 3.97. The van der Waals surface area contributed by atoms with E-state index in [-0.39, 0.29) is 33.2 Å². The van der Waals surface area contributed by atoms with Crippen LogP contribution in [0.25, 0.3) is 0 Å². The van der Waals surface area contributed by atoms with Crippen molar-refractivity contribution < 1.29 is 18.0 Å². The number of piperazine rings is 1. The van der Waals surface area contributed by atoms with Crippen LogP contribution in [0.2, 0.25) is 5.02 Å². The van der Waals surface area contributed by atoms with Crippen LogP contribution in [0.3, 0.4) is 0 Å². The fourth-order valence-electron chi connectivity index (χ4n) is 3.25. The molecule has 0 spiro atoms. The molecule has 0 aromatic heterocycles. The highest BCUT2D eigenvalue weighted by molar-refractivity contribution is 7.89. The molecule has 3 rings (SSSR count). The first-order valence-corrected chi connectivity index (χ1v) is 10.8. The molecule has 0 unspecified atom stereocenters. The van der Waals surface area contributed by atoms with Gasteiger partial charge in [0.05, 0.1) is 15.5 Å². The summed E-state index contributed by atoms with van der Waals surface area (Å²) in [5.41, 5.74) is 0.165. The Kier molecular flexibility index (Phi) is 5.79. The Morgan fingerprint density at radius 2 is 1.67 bits per heavy atom. The summed E-state index contributed by atoms with van der Waals surface area (Å²) in [4.78, 5) is 28.7. The monoisotopic (exact) mass is 413 g/mol. The van der Waals surface area contributed by atoms with Gasteiger partial charge in [0, 0.05) is 46.2 Å². The fraction of sp³-hybridized carbons (Fsp3) is 0.556. The minimum Gasteiger partial charge on any atom is -0.339 e. The molecule has 7 nitrogen and oxygen atoms in total. The lowest BCUT2D eigenvalue weighted by Gasteiger charge is -2.38. The first kappa shape index (κ1) is 20.1. The second-order valence-electron chi connectivity index (χ2n) is 7.17. The lowest BCUT2D eigenvalue weighted by atomic mass is 9.84. The molecule has 27 heavy (non-hydrogen) atoms. The molecule has 1 aromatic carbocycles. The lowest BCUT2D eigenvalue weighted by Crippen LogP contribution is -2.52. The number of halogens is 1. The number of benzene rings is 1. The van der Waals surface area contributed by atoms with Crippen molar-refractivity contribution in [2.45, 2.75) is 24.2 Å². The van der Waals surface area contributed by atoms with E-state index < -0.39 is 10.0 Å². The molecular formula is C18H24ClN3O4S. The van der Waals surface area contributed by atoms with Gasteiger partial charge in [0.25, 0.3) is 5.91 Å². The van der Waals surface area contributed by atoms with Gasteiger partial charge in [-0.3, -0.25) is 9.59 Å². The van der Waals surface area contributed by atoms with E-state index in [1.807, 2.05) is 4.90 Å². The van der Waals surface area contributed by atoms with Gasteiger partial charge in [0.2, 0.25) is 15.9 Å². The van der Waals surface area contributed by atoms with Crippen LogP contribution in [0.1, 0.15) is 29.6 Å². The van der Waals surface area contributed by atoms with E-state index in [4.69, 9.17) is 11.6 Å². The molecule has 2 aliphatic rings. The van der Waals surface area contributed by atoms with Gasteiger partial charge >= 0.3 is 0 Å². The number of hydrogen-bond acceptors (Lipinski definition) is 4. The number of sulfonamides is 1. The average Bonchev–Trinajstić information content (AvgIpc) is 2.60. The van der Waals surface area contributed by atoms with Gasteiger partial charge in [-0.15, -0.1) is 0 Å². The Morgan fingerprint density at radius 1 is 1.07 bits per heavy atom. The Morgan fingerprint density at radius 3 is 2.19 bits per heavy atom. The Labute approximate surface area is 164 Å². The van der Waals surface area contributed by atoms with E-state index in [2.05, 4.69) is 0 Å². The SMILES string of the molecule is CN(C)S(=O)(=O)c1ccc(Cl)c(C(=O)N2CCN(C(=O)C3CCC3)CC2)c1. The molecule has 9 heteroatoms. The summed E-state index contributed by atoms with van der Waals surface area (Å²) in [6.45, 7) is 1.82. The zero-order chi connectivity index (χ0) is 19.8. The molecule has 148 valence electrons. The first-order valence-electron chi connectivity index (χ1n) is 9.02. The van der Waals surface area contributed by atoms with Crippen LogP contribution in [0, 0.1) is 5.92 Å². The maximum atomic E-state index is 12.9. The van der Waals surface area contributed by atoms with Gasteiger partial charge in [-0.25, -0.2) is 12.7 Å². The van der Waals surface area contributed by atoms with Gasteiger partial charge in [-0.05, 0) is 31.0 Å². The van der Waals surface area contributed by atoms with Crippen LogP contribution in [0.5, 0.6) is 0 Å². The molecule has 2 fully saturated rings. The maximum absolute atomic E-state index is 12.9. The number of carbonyl (C=O) groups excluding carboxylic acids is 2. The van der Waals surface area contributed by atoms with Crippen LogP contribution < -0.4 is 0 Å². The molecule has 1 aromatic rings. The highest BCUT2D eigenvalue weighted by Gasteiger charge is 2.32. The van der Waals surface area contributed by atoms with Gasteiger partial charge in [-0.1, -0.05) is 18.0 Å². The summed E-state index contributed by atoms with van der Waals surface area (Å²) in [7, 11) is -0.787. The smallest absolute Gasteiger partial charge is 0.255 e. The average molecular weight is 414 g/mol. The Balaban J connectivity index is 1.72. The van der Waals surface area contributed by atoms with E-state index in [1.54, 1.807) is 4.90 Å². The molecule has 1 saturated carbocycles. The third-order valence-electron chi connectivity index (χ3n) is 5.28. The summed E-state index contributed by atoms with van der Waals surface area (Å²) >= 11 is 6.17. The number of nitrogens with zero attached hydrogens (tertiary/aromatic N) is 3. The predicted octanol–water partition coefficient (Wildman–Crippen LogP) is 1.67. The van der Waals surface area contributed by atoms with Crippen LogP contribution in [-0.4, -0.2) is 74.6 Å². The van der Waals surface area contributed by atoms with Crippen LogP contribution in [0.15, 0.2) is 23.1 Å². The lowest BCUT2D eigenvalue weighted by molar-refractivity contribution is -0.139. The highest BCUT2D eigenvalue weighted by atomic mass is 35.5.